The smallest absolute Gasteiger partial charge is 0.408 e. The van der Waals surface area contributed by atoms with Gasteiger partial charge < -0.3 is 24.6 Å². The second-order valence-corrected chi connectivity index (χ2v) is 18.8. The van der Waals surface area contributed by atoms with Crippen LogP contribution in [0.5, 0.6) is 5.75 Å². The minimum atomic E-state index is -1.15. The first-order valence-electron chi connectivity index (χ1n) is 20.8. The van der Waals surface area contributed by atoms with E-state index in [0.717, 1.165) is 28.0 Å². The van der Waals surface area contributed by atoms with E-state index in [-0.39, 0.29) is 46.9 Å². The molecule has 0 radical (unpaired) electrons. The number of carbonyl (C=O) groups excluding carboxylic acids is 4. The molecule has 3 aliphatic heterocycles. The van der Waals surface area contributed by atoms with E-state index in [1.807, 2.05) is 50.1 Å². The molecule has 3 aromatic carbocycles. The Morgan fingerprint density at radius 2 is 1.66 bits per heavy atom. The second kappa shape index (κ2) is 16.1. The third-order valence-electron chi connectivity index (χ3n) is 13.0. The molecule has 1 fully saturated rings. The van der Waals surface area contributed by atoms with Crippen LogP contribution in [-0.4, -0.2) is 107 Å². The van der Waals surface area contributed by atoms with Gasteiger partial charge in [-0.2, -0.15) is 17.0 Å². The van der Waals surface area contributed by atoms with E-state index >= 15 is 0 Å². The lowest BCUT2D eigenvalue weighted by molar-refractivity contribution is -0.150. The van der Waals surface area contributed by atoms with Gasteiger partial charge in [0.1, 0.15) is 30.0 Å². The number of aliphatic hydroxyl groups excluding tert-OH is 1. The lowest BCUT2D eigenvalue weighted by atomic mass is 9.69. The summed E-state index contributed by atoms with van der Waals surface area (Å²) in [6.07, 6.45) is -0.110. The maximum atomic E-state index is 14.4. The molecule has 3 aromatic rings. The summed E-state index contributed by atoms with van der Waals surface area (Å²) >= 11 is 1.50. The van der Waals surface area contributed by atoms with E-state index in [2.05, 4.69) is 46.6 Å². The van der Waals surface area contributed by atoms with Crippen LogP contribution in [0.3, 0.4) is 0 Å². The maximum absolute atomic E-state index is 14.4. The Morgan fingerprint density at radius 3 is 2.28 bits per heavy atom. The average Bonchev–Trinajstić information content (AvgIpc) is 3.53. The van der Waals surface area contributed by atoms with Crippen molar-refractivity contribution in [2.75, 3.05) is 32.3 Å². The zero-order valence-electron chi connectivity index (χ0n) is 35.8. The van der Waals surface area contributed by atoms with Gasteiger partial charge in [-0.05, 0) is 106 Å². The number of thioether (sulfide) groups is 1. The van der Waals surface area contributed by atoms with Crippen molar-refractivity contribution in [2.24, 2.45) is 0 Å². The number of aryl methyl sites for hydroxylation is 1. The van der Waals surface area contributed by atoms with E-state index < -0.39 is 65.8 Å². The molecule has 0 spiro atoms. The topological polar surface area (TPSA) is 158 Å². The Morgan fingerprint density at radius 1 is 1.00 bits per heavy atom. The molecule has 2 N–H and O–H groups in total. The zero-order valence-corrected chi connectivity index (χ0v) is 36.6. The number of aliphatic hydroxyl groups is 1. The molecular formula is C48H52N4O8S. The number of ether oxygens (including phenoxy) is 3. The monoisotopic (exact) mass is 844 g/mol. The number of nitrogens with one attached hydrogen (secondary N) is 1. The van der Waals surface area contributed by atoms with Crippen LogP contribution in [0.1, 0.15) is 79.5 Å². The van der Waals surface area contributed by atoms with E-state index in [1.165, 1.54) is 40.9 Å². The number of nitrogens with zero attached hydrogens (tertiary/aromatic N) is 3. The SMILES string of the molecule is COc1c(C)cc2c(c1C)[C@H]1[C@@H]3CC4=C(C(=O)C(O)=C(C)C4=O)[C@H](COC(=O)[C@@H](CSCC4c5ccccc5-c5ccccc54)NC(=O)OC(C)(C)C)N3[C@@H](C#N)[C@H](C2)N1C. The number of fused-ring (bicyclic) bond motifs is 9. The molecule has 8 rings (SSSR count). The summed E-state index contributed by atoms with van der Waals surface area (Å²) in [5.74, 6) is -0.994. The summed E-state index contributed by atoms with van der Waals surface area (Å²) in [5, 5.41) is 24.7. The highest BCUT2D eigenvalue weighted by atomic mass is 32.2. The third-order valence-corrected chi connectivity index (χ3v) is 14.2. The van der Waals surface area contributed by atoms with Crippen molar-refractivity contribution in [2.45, 2.75) is 102 Å². The number of esters is 1. The quantitative estimate of drug-likeness (QED) is 0.171. The van der Waals surface area contributed by atoms with Crippen LogP contribution < -0.4 is 10.1 Å². The van der Waals surface area contributed by atoms with Crippen LogP contribution in [0.15, 0.2) is 77.1 Å². The maximum Gasteiger partial charge on any atom is 0.408 e. The highest BCUT2D eigenvalue weighted by molar-refractivity contribution is 7.99. The molecule has 12 nitrogen and oxygen atoms in total. The van der Waals surface area contributed by atoms with Gasteiger partial charge in [0.15, 0.2) is 11.5 Å². The van der Waals surface area contributed by atoms with Crippen molar-refractivity contribution in [1.29, 1.82) is 5.26 Å². The molecule has 2 bridgehead atoms. The summed E-state index contributed by atoms with van der Waals surface area (Å²) in [6, 6.07) is 17.1. The summed E-state index contributed by atoms with van der Waals surface area (Å²) in [6.45, 7) is 10.2. The fraction of sp³-hybridized carbons (Fsp3) is 0.438. The number of benzene rings is 3. The normalized spacial score (nSPS) is 23.9. The fourth-order valence-electron chi connectivity index (χ4n) is 10.5. The molecule has 0 unspecified atom stereocenters. The Kier molecular flexibility index (Phi) is 11.2. The van der Waals surface area contributed by atoms with Crippen LogP contribution in [0.4, 0.5) is 4.79 Å². The molecule has 13 heteroatoms. The van der Waals surface area contributed by atoms with Crippen molar-refractivity contribution in [3.8, 4) is 22.9 Å². The second-order valence-electron chi connectivity index (χ2n) is 17.7. The molecule has 5 aliphatic rings. The fourth-order valence-corrected chi connectivity index (χ4v) is 11.7. The molecule has 1 saturated heterocycles. The highest BCUT2D eigenvalue weighted by Gasteiger charge is 2.58. The number of piperazine rings is 1. The first-order valence-corrected chi connectivity index (χ1v) is 21.9. The summed E-state index contributed by atoms with van der Waals surface area (Å²) in [7, 11) is 3.63. The van der Waals surface area contributed by atoms with Gasteiger partial charge in [0.25, 0.3) is 0 Å². The highest BCUT2D eigenvalue weighted by Crippen LogP contribution is 2.52. The average molecular weight is 845 g/mol. The number of rotatable bonds is 9. The third kappa shape index (κ3) is 7.22. The van der Waals surface area contributed by atoms with Gasteiger partial charge in [0.05, 0.1) is 25.3 Å². The molecule has 6 atom stereocenters. The molecular weight excluding hydrogens is 793 g/mol. The van der Waals surface area contributed by atoms with E-state index in [1.54, 1.807) is 27.9 Å². The number of Topliss-reactive ketones (excluding diaryl/α,β-unsaturated/α-hetero) is 2. The van der Waals surface area contributed by atoms with Crippen molar-refractivity contribution < 1.29 is 38.5 Å². The van der Waals surface area contributed by atoms with Crippen LogP contribution >= 0.6 is 11.8 Å². The predicted molar refractivity (Wildman–Crippen MR) is 231 cm³/mol. The summed E-state index contributed by atoms with van der Waals surface area (Å²) in [4.78, 5) is 59.9. The minimum Gasteiger partial charge on any atom is -0.504 e. The standard InChI is InChI=1S/C48H52N4O8S/c1-24-17-27-18-35-37(20-49)52-36(41(51(35)7)39(27)25(2)45(24)58-8)19-32-40(44(55)43(54)26(3)42(32)53)38(52)21-59-46(56)34(50-47(57)60-48(4,5)6)23-61-22-33-30-15-11-9-13-28(30)29-14-10-12-16-31(29)33/h9-17,33-38,41,54H,18-19,21-23H2,1-8H3,(H,50,57)/t34-,35+,36+,37+,38+,41-/m1/s1. The molecule has 3 heterocycles. The number of ketones is 2. The van der Waals surface area contributed by atoms with Gasteiger partial charge in [0.2, 0.25) is 5.78 Å². The van der Waals surface area contributed by atoms with E-state index in [4.69, 9.17) is 14.2 Å². The van der Waals surface area contributed by atoms with Crippen LogP contribution in [0, 0.1) is 25.2 Å². The number of allylic oxidation sites excluding steroid dienone is 2. The zero-order chi connectivity index (χ0) is 43.7. The van der Waals surface area contributed by atoms with Gasteiger partial charge in [-0.25, -0.2) is 9.59 Å². The van der Waals surface area contributed by atoms with Gasteiger partial charge in [0, 0.05) is 46.2 Å². The van der Waals surface area contributed by atoms with Crippen LogP contribution in [0.25, 0.3) is 11.1 Å². The van der Waals surface area contributed by atoms with E-state index in [0.29, 0.717) is 12.2 Å². The first-order chi connectivity index (χ1) is 29.1. The van der Waals surface area contributed by atoms with Gasteiger partial charge in [-0.1, -0.05) is 54.6 Å². The Balaban J connectivity index is 1.12. The van der Waals surface area contributed by atoms with Gasteiger partial charge in [-0.15, -0.1) is 0 Å². The summed E-state index contributed by atoms with van der Waals surface area (Å²) in [5.41, 5.74) is 8.22. The number of likely N-dealkylation sites (N-methyl/N-ethyl adjacent to an activating group) is 1. The number of methoxy groups -OCH3 is 1. The predicted octanol–water partition coefficient (Wildman–Crippen LogP) is 6.82. The van der Waals surface area contributed by atoms with Crippen molar-refractivity contribution in [3.63, 3.8) is 0 Å². The Hall–Kier alpha value is -5.42. The first kappa shape index (κ1) is 42.3. The van der Waals surface area contributed by atoms with Crippen molar-refractivity contribution >= 4 is 35.4 Å². The van der Waals surface area contributed by atoms with Crippen LogP contribution in [-0.2, 0) is 30.3 Å². The number of carbonyl (C=O) groups is 4. The number of amides is 1. The molecule has 1 amide bonds. The lowest BCUT2D eigenvalue weighted by Crippen LogP contribution is -2.70. The van der Waals surface area contributed by atoms with Crippen molar-refractivity contribution in [3.05, 3.63) is 110 Å². The molecule has 61 heavy (non-hydrogen) atoms. The van der Waals surface area contributed by atoms with Crippen LogP contribution in [0.2, 0.25) is 0 Å². The number of hydrogen-bond donors (Lipinski definition) is 2. The number of nitriles is 1. The number of alkyl carbamates (subject to hydrolysis) is 1. The van der Waals surface area contributed by atoms with Gasteiger partial charge >= 0.3 is 12.1 Å². The molecule has 318 valence electrons. The summed E-state index contributed by atoms with van der Waals surface area (Å²) < 4.78 is 17.6. The molecule has 0 saturated carbocycles. The minimum absolute atomic E-state index is 0.0306. The molecule has 0 aromatic heterocycles. The Labute approximate surface area is 360 Å². The van der Waals surface area contributed by atoms with E-state index in [9.17, 15) is 29.5 Å². The molecule has 2 aliphatic carbocycles. The number of hydrogen-bond acceptors (Lipinski definition) is 12. The lowest BCUT2D eigenvalue weighted by Gasteiger charge is -2.60. The largest absolute Gasteiger partial charge is 0.504 e. The van der Waals surface area contributed by atoms with Crippen molar-refractivity contribution in [1.82, 2.24) is 15.1 Å². The Bertz CT molecular complexity index is 2420. The van der Waals surface area contributed by atoms with Gasteiger partial charge in [-0.3, -0.25) is 19.4 Å².